The van der Waals surface area contributed by atoms with Gasteiger partial charge in [0.2, 0.25) is 5.13 Å². The molecule has 0 aromatic carbocycles. The fraction of sp³-hybridized carbons (Fsp3) is 0.235. The van der Waals surface area contributed by atoms with Crippen LogP contribution in [0.15, 0.2) is 36.8 Å². The largest absolute Gasteiger partial charge is 0.315 e. The van der Waals surface area contributed by atoms with Crippen LogP contribution >= 0.6 is 11.3 Å². The zero-order valence-electron chi connectivity index (χ0n) is 14.1. The summed E-state index contributed by atoms with van der Waals surface area (Å²) in [5, 5.41) is 17.6. The Bertz CT molecular complexity index is 1030. The lowest BCUT2D eigenvalue weighted by atomic mass is 10.1. The first kappa shape index (κ1) is 15.6. The van der Waals surface area contributed by atoms with E-state index >= 15 is 0 Å². The Hall–Kier alpha value is -2.87. The van der Waals surface area contributed by atoms with Gasteiger partial charge in [0, 0.05) is 36.5 Å². The van der Waals surface area contributed by atoms with Crippen molar-refractivity contribution in [2.75, 3.05) is 5.32 Å². The van der Waals surface area contributed by atoms with Crippen LogP contribution in [0.5, 0.6) is 0 Å². The average molecular weight is 351 g/mol. The van der Waals surface area contributed by atoms with Crippen molar-refractivity contribution in [1.29, 1.82) is 0 Å². The van der Waals surface area contributed by atoms with Crippen molar-refractivity contribution < 1.29 is 0 Å². The van der Waals surface area contributed by atoms with Crippen molar-refractivity contribution in [3.05, 3.63) is 41.8 Å². The lowest BCUT2D eigenvalue weighted by Crippen LogP contribution is -1.95. The first-order valence-electron chi connectivity index (χ1n) is 7.95. The van der Waals surface area contributed by atoms with Gasteiger partial charge in [-0.05, 0) is 18.2 Å². The van der Waals surface area contributed by atoms with Gasteiger partial charge < -0.3 is 5.32 Å². The number of nitrogens with one attached hydrogen (secondary N) is 1. The zero-order chi connectivity index (χ0) is 17.4. The smallest absolute Gasteiger partial charge is 0.211 e. The van der Waals surface area contributed by atoms with Gasteiger partial charge in [-0.3, -0.25) is 9.67 Å². The van der Waals surface area contributed by atoms with E-state index in [0.717, 1.165) is 38.1 Å². The van der Waals surface area contributed by atoms with Crippen LogP contribution in [0.1, 0.15) is 24.8 Å². The van der Waals surface area contributed by atoms with E-state index in [1.54, 1.807) is 22.2 Å². The molecule has 4 aromatic rings. The second-order valence-corrected chi connectivity index (χ2v) is 7.06. The summed E-state index contributed by atoms with van der Waals surface area (Å²) in [6.45, 7) is 4.20. The first-order valence-corrected chi connectivity index (χ1v) is 8.77. The Morgan fingerprint density at radius 2 is 2.04 bits per heavy atom. The van der Waals surface area contributed by atoms with E-state index in [1.807, 2.05) is 37.6 Å². The standard InChI is InChI=1S/C17H17N7S/c1-10(2)16-22-23-17(25-16)21-14-5-4-13-15(20-14)12(6-7-18-13)11-8-19-24(3)9-11/h4-10H,1-3H3,(H,20,21,23). The van der Waals surface area contributed by atoms with Crippen molar-refractivity contribution in [3.63, 3.8) is 0 Å². The Morgan fingerprint density at radius 3 is 2.76 bits per heavy atom. The number of aryl methyl sites for hydroxylation is 1. The summed E-state index contributed by atoms with van der Waals surface area (Å²) in [4.78, 5) is 9.15. The lowest BCUT2D eigenvalue weighted by Gasteiger charge is -2.06. The number of pyridine rings is 2. The zero-order valence-corrected chi connectivity index (χ0v) is 14.9. The molecule has 0 aliphatic rings. The Morgan fingerprint density at radius 1 is 1.16 bits per heavy atom. The highest BCUT2D eigenvalue weighted by atomic mass is 32.1. The second-order valence-electron chi connectivity index (χ2n) is 6.05. The monoisotopic (exact) mass is 351 g/mol. The third-order valence-corrected chi connectivity index (χ3v) is 4.91. The molecular formula is C17H17N7S. The second kappa shape index (κ2) is 6.21. The van der Waals surface area contributed by atoms with E-state index in [9.17, 15) is 0 Å². The topological polar surface area (TPSA) is 81.4 Å². The maximum atomic E-state index is 4.74. The maximum Gasteiger partial charge on any atom is 0.211 e. The molecule has 126 valence electrons. The van der Waals surface area contributed by atoms with E-state index in [2.05, 4.69) is 39.4 Å². The van der Waals surface area contributed by atoms with Crippen LogP contribution in [0, 0.1) is 0 Å². The van der Waals surface area contributed by atoms with Crippen LogP contribution < -0.4 is 5.32 Å². The average Bonchev–Trinajstić information content (AvgIpc) is 3.23. The SMILES string of the molecule is CC(C)c1nnc(Nc2ccc3nccc(-c4cnn(C)c4)c3n2)s1. The summed E-state index contributed by atoms with van der Waals surface area (Å²) >= 11 is 1.54. The summed E-state index contributed by atoms with van der Waals surface area (Å²) in [5.74, 6) is 1.08. The third-order valence-electron chi connectivity index (χ3n) is 3.77. The molecule has 0 spiro atoms. The summed E-state index contributed by atoms with van der Waals surface area (Å²) in [6, 6.07) is 5.81. The number of hydrogen-bond acceptors (Lipinski definition) is 7. The Kier molecular flexibility index (Phi) is 3.89. The molecule has 0 saturated heterocycles. The summed E-state index contributed by atoms with van der Waals surface area (Å²) in [7, 11) is 1.90. The molecule has 0 fully saturated rings. The molecule has 0 aliphatic heterocycles. The Labute approximate surface area is 148 Å². The predicted octanol–water partition coefficient (Wildman–Crippen LogP) is 3.75. The van der Waals surface area contributed by atoms with Crippen molar-refractivity contribution in [2.45, 2.75) is 19.8 Å². The minimum absolute atomic E-state index is 0.360. The molecule has 0 unspecified atom stereocenters. The lowest BCUT2D eigenvalue weighted by molar-refractivity contribution is 0.768. The molecular weight excluding hydrogens is 334 g/mol. The summed E-state index contributed by atoms with van der Waals surface area (Å²) in [5.41, 5.74) is 3.68. The normalized spacial score (nSPS) is 11.4. The molecule has 4 heterocycles. The summed E-state index contributed by atoms with van der Waals surface area (Å²) in [6.07, 6.45) is 5.59. The van der Waals surface area contributed by atoms with Gasteiger partial charge in [0.05, 0.1) is 17.2 Å². The molecule has 4 rings (SSSR count). The maximum absolute atomic E-state index is 4.74. The van der Waals surface area contributed by atoms with Crippen LogP contribution in [0.3, 0.4) is 0 Å². The fourth-order valence-electron chi connectivity index (χ4n) is 2.52. The van der Waals surface area contributed by atoms with Gasteiger partial charge in [0.25, 0.3) is 0 Å². The Balaban J connectivity index is 1.73. The number of nitrogens with zero attached hydrogens (tertiary/aromatic N) is 6. The minimum atomic E-state index is 0.360. The number of rotatable bonds is 4. The van der Waals surface area contributed by atoms with Crippen LogP contribution in [0.2, 0.25) is 0 Å². The van der Waals surface area contributed by atoms with Crippen LogP contribution in [-0.4, -0.2) is 29.9 Å². The van der Waals surface area contributed by atoms with E-state index < -0.39 is 0 Å². The van der Waals surface area contributed by atoms with Gasteiger partial charge in [-0.2, -0.15) is 5.10 Å². The van der Waals surface area contributed by atoms with Crippen LogP contribution in [0.4, 0.5) is 10.9 Å². The molecule has 0 amide bonds. The van der Waals surface area contributed by atoms with Gasteiger partial charge in [-0.1, -0.05) is 25.2 Å². The quantitative estimate of drug-likeness (QED) is 0.603. The first-order chi connectivity index (χ1) is 12.1. The van der Waals surface area contributed by atoms with E-state index in [-0.39, 0.29) is 0 Å². The molecule has 0 atom stereocenters. The van der Waals surface area contributed by atoms with Crippen molar-refractivity contribution in [2.24, 2.45) is 7.05 Å². The highest BCUT2D eigenvalue weighted by Gasteiger charge is 2.11. The van der Waals surface area contributed by atoms with Gasteiger partial charge >= 0.3 is 0 Å². The number of aromatic nitrogens is 6. The number of anilines is 2. The highest BCUT2D eigenvalue weighted by molar-refractivity contribution is 7.15. The molecule has 25 heavy (non-hydrogen) atoms. The van der Waals surface area contributed by atoms with Crippen LogP contribution in [0.25, 0.3) is 22.2 Å². The number of fused-ring (bicyclic) bond motifs is 1. The number of hydrogen-bond donors (Lipinski definition) is 1. The molecule has 0 radical (unpaired) electrons. The van der Waals surface area contributed by atoms with E-state index in [4.69, 9.17) is 4.98 Å². The molecule has 0 saturated carbocycles. The molecule has 0 aliphatic carbocycles. The van der Waals surface area contributed by atoms with Gasteiger partial charge in [0.15, 0.2) is 0 Å². The fourth-order valence-corrected chi connectivity index (χ4v) is 3.27. The molecule has 7 nitrogen and oxygen atoms in total. The van der Waals surface area contributed by atoms with Crippen molar-refractivity contribution in [3.8, 4) is 11.1 Å². The highest BCUT2D eigenvalue weighted by Crippen LogP contribution is 2.29. The minimum Gasteiger partial charge on any atom is -0.315 e. The predicted molar refractivity (Wildman–Crippen MR) is 99.0 cm³/mol. The molecule has 8 heteroatoms. The van der Waals surface area contributed by atoms with E-state index in [0.29, 0.717) is 5.92 Å². The van der Waals surface area contributed by atoms with Crippen LogP contribution in [-0.2, 0) is 7.05 Å². The van der Waals surface area contributed by atoms with Gasteiger partial charge in [0.1, 0.15) is 10.8 Å². The van der Waals surface area contributed by atoms with Crippen molar-refractivity contribution in [1.82, 2.24) is 29.9 Å². The van der Waals surface area contributed by atoms with Gasteiger partial charge in [-0.25, -0.2) is 4.98 Å². The summed E-state index contributed by atoms with van der Waals surface area (Å²) < 4.78 is 1.78. The molecule has 1 N–H and O–H groups in total. The molecule has 4 aromatic heterocycles. The van der Waals surface area contributed by atoms with Crippen molar-refractivity contribution >= 4 is 33.3 Å². The van der Waals surface area contributed by atoms with Gasteiger partial charge in [-0.15, -0.1) is 10.2 Å². The third kappa shape index (κ3) is 3.08. The van der Waals surface area contributed by atoms with E-state index in [1.165, 1.54) is 0 Å². The molecule has 0 bridgehead atoms.